The monoisotopic (exact) mass is 233 g/mol. The Morgan fingerprint density at radius 2 is 2.06 bits per heavy atom. The van der Waals surface area contributed by atoms with E-state index in [4.69, 9.17) is 0 Å². The van der Waals surface area contributed by atoms with Gasteiger partial charge in [0, 0.05) is 31.2 Å². The molecule has 2 saturated heterocycles. The Bertz CT molecular complexity index is 461. The Kier molecular flexibility index (Phi) is 2.29. The number of likely N-dealkylation sites (N-methyl/N-ethyl adjacent to an activating group) is 1. The number of piperazine rings is 1. The van der Waals surface area contributed by atoms with Gasteiger partial charge in [-0.05, 0) is 19.5 Å². The number of hydrogen-bond acceptors (Lipinski definition) is 4. The molecule has 1 unspecified atom stereocenters. The number of para-hydroxylation sites is 2. The zero-order chi connectivity index (χ0) is 12.0. The summed E-state index contributed by atoms with van der Waals surface area (Å²) >= 11 is 0. The second kappa shape index (κ2) is 3.70. The van der Waals surface area contributed by atoms with Crippen molar-refractivity contribution in [3.05, 3.63) is 34.4 Å². The van der Waals surface area contributed by atoms with Crippen LogP contribution in [0, 0.1) is 10.1 Å². The van der Waals surface area contributed by atoms with Gasteiger partial charge in [-0.25, -0.2) is 0 Å². The fourth-order valence-corrected chi connectivity index (χ4v) is 3.02. The van der Waals surface area contributed by atoms with Crippen LogP contribution in [0.25, 0.3) is 0 Å². The fraction of sp³-hybridized carbons (Fsp3) is 0.500. The third-order valence-corrected chi connectivity index (χ3v) is 3.90. The number of fused-ring (bicyclic) bond motifs is 2. The second-order valence-electron chi connectivity index (χ2n) is 4.88. The average Bonchev–Trinajstić information content (AvgIpc) is 2.87. The van der Waals surface area contributed by atoms with Crippen molar-refractivity contribution >= 4 is 11.4 Å². The zero-order valence-electron chi connectivity index (χ0n) is 9.74. The van der Waals surface area contributed by atoms with Gasteiger partial charge in [0.05, 0.1) is 4.92 Å². The Morgan fingerprint density at radius 3 is 2.65 bits per heavy atom. The smallest absolute Gasteiger partial charge is 0.292 e. The molecule has 0 aliphatic carbocycles. The van der Waals surface area contributed by atoms with E-state index in [1.807, 2.05) is 12.1 Å². The van der Waals surface area contributed by atoms with Crippen LogP contribution in [0.4, 0.5) is 11.4 Å². The van der Waals surface area contributed by atoms with Gasteiger partial charge >= 0.3 is 0 Å². The summed E-state index contributed by atoms with van der Waals surface area (Å²) in [6.45, 7) is 1.92. The Morgan fingerprint density at radius 1 is 1.29 bits per heavy atom. The predicted octanol–water partition coefficient (Wildman–Crippen LogP) is 1.49. The van der Waals surface area contributed by atoms with Crippen molar-refractivity contribution in [2.24, 2.45) is 0 Å². The molecule has 2 aliphatic heterocycles. The third-order valence-electron chi connectivity index (χ3n) is 3.90. The summed E-state index contributed by atoms with van der Waals surface area (Å²) < 4.78 is 0. The first-order valence-electron chi connectivity index (χ1n) is 5.87. The topological polar surface area (TPSA) is 49.6 Å². The number of likely N-dealkylation sites (tertiary alicyclic amines) is 1. The van der Waals surface area contributed by atoms with Crippen LogP contribution in [-0.4, -0.2) is 42.0 Å². The summed E-state index contributed by atoms with van der Waals surface area (Å²) in [5, 5.41) is 11.0. The maximum Gasteiger partial charge on any atom is 0.292 e. The summed E-state index contributed by atoms with van der Waals surface area (Å²) in [5.74, 6) is 0. The summed E-state index contributed by atoms with van der Waals surface area (Å²) in [6, 6.07) is 8.04. The number of nitro groups is 1. The Labute approximate surface area is 99.8 Å². The first-order chi connectivity index (χ1) is 8.16. The largest absolute Gasteiger partial charge is 0.360 e. The van der Waals surface area contributed by atoms with E-state index < -0.39 is 0 Å². The molecule has 0 saturated carbocycles. The Hall–Kier alpha value is -1.62. The third kappa shape index (κ3) is 1.58. The summed E-state index contributed by atoms with van der Waals surface area (Å²) in [5.41, 5.74) is 1.00. The molecule has 3 rings (SSSR count). The van der Waals surface area contributed by atoms with E-state index >= 15 is 0 Å². The lowest BCUT2D eigenvalue weighted by Crippen LogP contribution is -2.44. The molecular formula is C12H15N3O2. The van der Waals surface area contributed by atoms with Crippen molar-refractivity contribution in [1.29, 1.82) is 0 Å². The standard InChI is InChI=1S/C12H15N3O2/c1-13-7-10-6-9(13)8-14(10)11-4-2-3-5-12(11)15(16)17/h2-5,9-10H,6-8H2,1H3/t9-,10?/m0/s1. The van der Waals surface area contributed by atoms with Gasteiger partial charge in [0.2, 0.25) is 0 Å². The molecule has 2 atom stereocenters. The summed E-state index contributed by atoms with van der Waals surface area (Å²) in [7, 11) is 2.13. The highest BCUT2D eigenvalue weighted by atomic mass is 16.6. The summed E-state index contributed by atoms with van der Waals surface area (Å²) in [6.07, 6.45) is 1.13. The molecule has 0 N–H and O–H groups in total. The molecule has 2 heterocycles. The van der Waals surface area contributed by atoms with E-state index in [2.05, 4.69) is 16.8 Å². The maximum atomic E-state index is 11.0. The van der Waals surface area contributed by atoms with Crippen molar-refractivity contribution in [1.82, 2.24) is 4.90 Å². The highest BCUT2D eigenvalue weighted by Crippen LogP contribution is 2.37. The molecule has 5 heteroatoms. The van der Waals surface area contributed by atoms with E-state index in [-0.39, 0.29) is 10.6 Å². The lowest BCUT2D eigenvalue weighted by atomic mass is 10.2. The molecule has 2 fully saturated rings. The number of rotatable bonds is 2. The number of anilines is 1. The van der Waals surface area contributed by atoms with E-state index in [0.717, 1.165) is 25.2 Å². The molecule has 1 aromatic carbocycles. The van der Waals surface area contributed by atoms with E-state index in [0.29, 0.717) is 12.1 Å². The first kappa shape index (κ1) is 10.5. The second-order valence-corrected chi connectivity index (χ2v) is 4.88. The van der Waals surface area contributed by atoms with Crippen molar-refractivity contribution in [2.45, 2.75) is 18.5 Å². The molecule has 90 valence electrons. The minimum Gasteiger partial charge on any atom is -0.360 e. The maximum absolute atomic E-state index is 11.0. The minimum absolute atomic E-state index is 0.225. The first-order valence-corrected chi connectivity index (χ1v) is 5.87. The molecule has 17 heavy (non-hydrogen) atoms. The quantitative estimate of drug-likeness (QED) is 0.573. The lowest BCUT2D eigenvalue weighted by molar-refractivity contribution is -0.384. The fourth-order valence-electron chi connectivity index (χ4n) is 3.02. The number of hydrogen-bond donors (Lipinski definition) is 0. The van der Waals surface area contributed by atoms with Gasteiger partial charge in [-0.15, -0.1) is 0 Å². The van der Waals surface area contributed by atoms with Gasteiger partial charge in [-0.3, -0.25) is 15.0 Å². The van der Waals surface area contributed by atoms with Crippen LogP contribution in [-0.2, 0) is 0 Å². The average molecular weight is 233 g/mol. The van der Waals surface area contributed by atoms with Crippen LogP contribution in [0.1, 0.15) is 6.42 Å². The molecule has 0 spiro atoms. The number of benzene rings is 1. The van der Waals surface area contributed by atoms with Crippen molar-refractivity contribution in [2.75, 3.05) is 25.0 Å². The van der Waals surface area contributed by atoms with Crippen LogP contribution in [0.3, 0.4) is 0 Å². The van der Waals surface area contributed by atoms with Gasteiger partial charge in [-0.2, -0.15) is 0 Å². The molecule has 1 aromatic rings. The molecule has 0 amide bonds. The van der Waals surface area contributed by atoms with Gasteiger partial charge in [-0.1, -0.05) is 12.1 Å². The van der Waals surface area contributed by atoms with Crippen molar-refractivity contribution in [3.63, 3.8) is 0 Å². The van der Waals surface area contributed by atoms with Gasteiger partial charge < -0.3 is 4.90 Å². The lowest BCUT2D eigenvalue weighted by Gasteiger charge is -2.33. The van der Waals surface area contributed by atoms with Crippen molar-refractivity contribution < 1.29 is 4.92 Å². The molecular weight excluding hydrogens is 218 g/mol. The van der Waals surface area contributed by atoms with Crippen LogP contribution in [0.5, 0.6) is 0 Å². The van der Waals surface area contributed by atoms with Crippen LogP contribution in [0.2, 0.25) is 0 Å². The SMILES string of the molecule is CN1CC2C[C@H]1CN2c1ccccc1[N+](=O)[O-]. The van der Waals surface area contributed by atoms with E-state index in [1.165, 1.54) is 0 Å². The van der Waals surface area contributed by atoms with E-state index in [1.54, 1.807) is 12.1 Å². The number of nitrogens with zero attached hydrogens (tertiary/aromatic N) is 3. The Balaban J connectivity index is 1.94. The van der Waals surface area contributed by atoms with E-state index in [9.17, 15) is 10.1 Å². The number of nitro benzene ring substituents is 1. The molecule has 0 radical (unpaired) electrons. The van der Waals surface area contributed by atoms with Gasteiger partial charge in [0.1, 0.15) is 5.69 Å². The van der Waals surface area contributed by atoms with Crippen LogP contribution >= 0.6 is 0 Å². The van der Waals surface area contributed by atoms with Crippen LogP contribution in [0.15, 0.2) is 24.3 Å². The molecule has 2 aliphatic rings. The molecule has 0 aromatic heterocycles. The zero-order valence-corrected chi connectivity index (χ0v) is 9.74. The van der Waals surface area contributed by atoms with Crippen LogP contribution < -0.4 is 4.90 Å². The molecule has 2 bridgehead atoms. The molecule has 5 nitrogen and oxygen atoms in total. The van der Waals surface area contributed by atoms with Crippen molar-refractivity contribution in [3.8, 4) is 0 Å². The van der Waals surface area contributed by atoms with Gasteiger partial charge in [0.15, 0.2) is 0 Å². The normalized spacial score (nSPS) is 27.7. The predicted molar refractivity (Wildman–Crippen MR) is 65.3 cm³/mol. The highest BCUT2D eigenvalue weighted by molar-refractivity contribution is 5.64. The van der Waals surface area contributed by atoms with Gasteiger partial charge in [0.25, 0.3) is 5.69 Å². The minimum atomic E-state index is -0.287. The summed E-state index contributed by atoms with van der Waals surface area (Å²) in [4.78, 5) is 15.3. The highest BCUT2D eigenvalue weighted by Gasteiger charge is 2.42.